The first-order chi connectivity index (χ1) is 9.66. The van der Waals surface area contributed by atoms with Crippen molar-refractivity contribution >= 4 is 37.8 Å². The molecule has 104 valence electrons. The van der Waals surface area contributed by atoms with Gasteiger partial charge in [-0.2, -0.15) is 0 Å². The van der Waals surface area contributed by atoms with Crippen LogP contribution in [0.15, 0.2) is 39.4 Å². The van der Waals surface area contributed by atoms with E-state index in [9.17, 15) is 4.79 Å². The maximum atomic E-state index is 12.6. The molecule has 0 saturated carbocycles. The van der Waals surface area contributed by atoms with Gasteiger partial charge in [0.05, 0.1) is 11.0 Å². The van der Waals surface area contributed by atoms with Gasteiger partial charge in [0.2, 0.25) is 5.91 Å². The summed E-state index contributed by atoms with van der Waals surface area (Å²) >= 11 is 7.01. The molecule has 0 saturated heterocycles. The van der Waals surface area contributed by atoms with Gasteiger partial charge in [-0.1, -0.05) is 34.1 Å². The molecule has 0 spiro atoms. The molecule has 0 aliphatic carbocycles. The van der Waals surface area contributed by atoms with Gasteiger partial charge >= 0.3 is 0 Å². The lowest BCUT2D eigenvalue weighted by molar-refractivity contribution is 0.0908. The quantitative estimate of drug-likeness (QED) is 0.840. The van der Waals surface area contributed by atoms with E-state index in [-0.39, 0.29) is 5.91 Å². The van der Waals surface area contributed by atoms with Crippen LogP contribution in [-0.4, -0.2) is 17.0 Å². The van der Waals surface area contributed by atoms with Crippen molar-refractivity contribution in [3.63, 3.8) is 0 Å². The van der Waals surface area contributed by atoms with E-state index in [0.29, 0.717) is 6.42 Å². The number of hydrogen-bond donors (Lipinski definition) is 1. The molecule has 2 heterocycles. The van der Waals surface area contributed by atoms with Gasteiger partial charge in [-0.05, 0) is 39.2 Å². The van der Waals surface area contributed by atoms with E-state index in [2.05, 4.69) is 37.2 Å². The zero-order chi connectivity index (χ0) is 14.1. The summed E-state index contributed by atoms with van der Waals surface area (Å²) in [6.45, 7) is 1.76. The molecule has 0 atom stereocenters. The zero-order valence-electron chi connectivity index (χ0n) is 10.8. The van der Waals surface area contributed by atoms with E-state index in [0.717, 1.165) is 39.8 Å². The molecule has 0 unspecified atom stereocenters. The summed E-state index contributed by atoms with van der Waals surface area (Å²) in [4.78, 5) is 12.6. The van der Waals surface area contributed by atoms with E-state index < -0.39 is 0 Å². The van der Waals surface area contributed by atoms with Gasteiger partial charge in [0, 0.05) is 29.7 Å². The summed E-state index contributed by atoms with van der Waals surface area (Å²) < 4.78 is 3.64. The number of benzene rings is 1. The maximum Gasteiger partial charge on any atom is 0.236 e. The molecule has 1 N–H and O–H groups in total. The summed E-state index contributed by atoms with van der Waals surface area (Å²) in [6, 6.07) is 9.90. The number of carbonyl (C=O) groups excluding carboxylic acids is 1. The van der Waals surface area contributed by atoms with Crippen LogP contribution in [0, 0.1) is 0 Å². The first kappa shape index (κ1) is 14.0. The molecular formula is C15H14Br2N2O. The van der Waals surface area contributed by atoms with E-state index in [1.165, 1.54) is 5.56 Å². The number of halogens is 2. The number of carbonyl (C=O) groups is 1. The van der Waals surface area contributed by atoms with Crippen LogP contribution >= 0.6 is 31.9 Å². The Morgan fingerprint density at radius 2 is 2.10 bits per heavy atom. The topological polar surface area (TPSA) is 34.0 Å². The van der Waals surface area contributed by atoms with Gasteiger partial charge in [0.25, 0.3) is 0 Å². The Balaban J connectivity index is 1.92. The molecule has 5 heteroatoms. The van der Waals surface area contributed by atoms with E-state index in [1.54, 1.807) is 0 Å². The summed E-state index contributed by atoms with van der Waals surface area (Å²) in [5.74, 6) is 0.104. The van der Waals surface area contributed by atoms with Crippen molar-refractivity contribution in [3.05, 3.63) is 56.2 Å². The number of rotatable bonds is 2. The standard InChI is InChI=1S/C15H14Br2N2O/c16-12-4-2-1-3-10(12)8-15(20)19-13-5-6-18-9-11(13)7-14(19)17/h1-4,7,18H,5-6,8-9H2. The van der Waals surface area contributed by atoms with Crippen molar-refractivity contribution in [1.82, 2.24) is 9.88 Å². The Morgan fingerprint density at radius 3 is 2.90 bits per heavy atom. The fourth-order valence-electron chi connectivity index (χ4n) is 2.57. The molecule has 3 rings (SSSR count). The maximum absolute atomic E-state index is 12.6. The third kappa shape index (κ3) is 2.62. The molecule has 2 aromatic rings. The molecular weight excluding hydrogens is 384 g/mol. The van der Waals surface area contributed by atoms with Gasteiger partial charge in [-0.3, -0.25) is 9.36 Å². The van der Waals surface area contributed by atoms with Crippen LogP contribution < -0.4 is 5.32 Å². The first-order valence-electron chi connectivity index (χ1n) is 6.53. The lowest BCUT2D eigenvalue weighted by Crippen LogP contribution is -2.27. The van der Waals surface area contributed by atoms with Crippen molar-refractivity contribution in [3.8, 4) is 0 Å². The van der Waals surface area contributed by atoms with Gasteiger partial charge < -0.3 is 5.32 Å². The van der Waals surface area contributed by atoms with Gasteiger partial charge in [0.1, 0.15) is 0 Å². The summed E-state index contributed by atoms with van der Waals surface area (Å²) in [5, 5.41) is 3.33. The molecule has 0 amide bonds. The predicted octanol–water partition coefficient (Wildman–Crippen LogP) is 3.54. The summed E-state index contributed by atoms with van der Waals surface area (Å²) in [7, 11) is 0. The van der Waals surface area contributed by atoms with Crippen LogP contribution in [0.25, 0.3) is 0 Å². The van der Waals surface area contributed by atoms with Gasteiger partial charge in [-0.25, -0.2) is 0 Å². The highest BCUT2D eigenvalue weighted by Crippen LogP contribution is 2.25. The van der Waals surface area contributed by atoms with Crippen LogP contribution in [0.1, 0.15) is 21.6 Å². The Bertz CT molecular complexity index is 664. The van der Waals surface area contributed by atoms with Crippen molar-refractivity contribution < 1.29 is 4.79 Å². The normalized spacial score (nSPS) is 14.1. The highest BCUT2D eigenvalue weighted by atomic mass is 79.9. The van der Waals surface area contributed by atoms with Crippen LogP contribution in [0.5, 0.6) is 0 Å². The highest BCUT2D eigenvalue weighted by molar-refractivity contribution is 9.10. The second-order valence-electron chi connectivity index (χ2n) is 4.86. The van der Waals surface area contributed by atoms with Gasteiger partial charge in [0.15, 0.2) is 0 Å². The number of nitrogens with zero attached hydrogens (tertiary/aromatic N) is 1. The van der Waals surface area contributed by atoms with Crippen molar-refractivity contribution in [2.75, 3.05) is 6.54 Å². The van der Waals surface area contributed by atoms with Crippen LogP contribution in [0.4, 0.5) is 0 Å². The third-order valence-electron chi connectivity index (χ3n) is 3.55. The van der Waals surface area contributed by atoms with Crippen molar-refractivity contribution in [1.29, 1.82) is 0 Å². The number of fused-ring (bicyclic) bond motifs is 1. The molecule has 3 nitrogen and oxygen atoms in total. The minimum Gasteiger partial charge on any atom is -0.312 e. The lowest BCUT2D eigenvalue weighted by Gasteiger charge is -2.16. The average Bonchev–Trinajstić information content (AvgIpc) is 2.77. The van der Waals surface area contributed by atoms with Crippen LogP contribution in [0.2, 0.25) is 0 Å². The second kappa shape index (κ2) is 5.84. The minimum absolute atomic E-state index is 0.104. The van der Waals surface area contributed by atoms with Crippen molar-refractivity contribution in [2.24, 2.45) is 0 Å². The smallest absolute Gasteiger partial charge is 0.236 e. The molecule has 0 radical (unpaired) electrons. The molecule has 1 aromatic carbocycles. The molecule has 1 aliphatic rings. The van der Waals surface area contributed by atoms with Crippen molar-refractivity contribution in [2.45, 2.75) is 19.4 Å². The summed E-state index contributed by atoms with van der Waals surface area (Å²) in [6.07, 6.45) is 1.29. The number of hydrogen-bond acceptors (Lipinski definition) is 2. The first-order valence-corrected chi connectivity index (χ1v) is 8.11. The summed E-state index contributed by atoms with van der Waals surface area (Å²) in [5.41, 5.74) is 3.36. The Labute approximate surface area is 134 Å². The second-order valence-corrected chi connectivity index (χ2v) is 6.53. The predicted molar refractivity (Wildman–Crippen MR) is 86.0 cm³/mol. The molecule has 1 aromatic heterocycles. The Kier molecular flexibility index (Phi) is 4.10. The average molecular weight is 398 g/mol. The lowest BCUT2D eigenvalue weighted by atomic mass is 10.1. The van der Waals surface area contributed by atoms with E-state index in [4.69, 9.17) is 0 Å². The largest absolute Gasteiger partial charge is 0.312 e. The van der Waals surface area contributed by atoms with Crippen LogP contribution in [0.3, 0.4) is 0 Å². The minimum atomic E-state index is 0.104. The number of nitrogens with one attached hydrogen (secondary N) is 1. The van der Waals surface area contributed by atoms with Gasteiger partial charge in [-0.15, -0.1) is 0 Å². The fraction of sp³-hybridized carbons (Fsp3) is 0.267. The van der Waals surface area contributed by atoms with E-state index in [1.807, 2.05) is 34.9 Å². The third-order valence-corrected chi connectivity index (χ3v) is 4.91. The molecule has 0 fully saturated rings. The molecule has 0 bridgehead atoms. The monoisotopic (exact) mass is 396 g/mol. The Hall–Kier alpha value is -0.910. The molecule has 1 aliphatic heterocycles. The van der Waals surface area contributed by atoms with Crippen LogP contribution in [-0.2, 0) is 19.4 Å². The molecule has 20 heavy (non-hydrogen) atoms. The number of aromatic nitrogens is 1. The Morgan fingerprint density at radius 1 is 1.30 bits per heavy atom. The zero-order valence-corrected chi connectivity index (χ0v) is 14.0. The SMILES string of the molecule is O=C(Cc1ccccc1Br)n1c(Br)cc2c1CCNC2. The highest BCUT2D eigenvalue weighted by Gasteiger charge is 2.21. The van der Waals surface area contributed by atoms with E-state index >= 15 is 0 Å². The fourth-order valence-corrected chi connectivity index (χ4v) is 3.69.